The number of fused-ring (bicyclic) bond motifs is 1. The van der Waals surface area contributed by atoms with Gasteiger partial charge >= 0.3 is 0 Å². The van der Waals surface area contributed by atoms with Crippen LogP contribution in [0.25, 0.3) is 16.6 Å². The summed E-state index contributed by atoms with van der Waals surface area (Å²) in [7, 11) is 0. The van der Waals surface area contributed by atoms with Crippen molar-refractivity contribution in [3.63, 3.8) is 0 Å². The Morgan fingerprint density at radius 1 is 0.929 bits per heavy atom. The standard InChI is InChI=1S/C24H22N2O2/c1-3-22-25-19-13-9-10-17(2)23(19)24(27)26(22)20-14-7-8-15-21(20)28-16-18-11-5-4-6-12-18/h4-15H,3,16H2,1-2H3. The molecule has 140 valence electrons. The fraction of sp³-hybridized carbons (Fsp3) is 0.167. The van der Waals surface area contributed by atoms with E-state index in [1.54, 1.807) is 4.57 Å². The molecule has 0 atom stereocenters. The molecule has 0 saturated heterocycles. The number of rotatable bonds is 5. The lowest BCUT2D eigenvalue weighted by molar-refractivity contribution is 0.305. The molecule has 0 aliphatic heterocycles. The molecule has 0 radical (unpaired) electrons. The summed E-state index contributed by atoms with van der Waals surface area (Å²) in [6.45, 7) is 4.39. The van der Waals surface area contributed by atoms with Gasteiger partial charge in [0.25, 0.3) is 5.56 Å². The van der Waals surface area contributed by atoms with Crippen LogP contribution in [0.5, 0.6) is 5.75 Å². The van der Waals surface area contributed by atoms with E-state index in [0.717, 1.165) is 28.2 Å². The number of benzene rings is 3. The van der Waals surface area contributed by atoms with Gasteiger partial charge in [-0.05, 0) is 36.2 Å². The first-order chi connectivity index (χ1) is 13.7. The molecule has 0 amide bonds. The normalized spacial score (nSPS) is 10.9. The predicted molar refractivity (Wildman–Crippen MR) is 112 cm³/mol. The average Bonchev–Trinajstić information content (AvgIpc) is 2.73. The molecule has 4 nitrogen and oxygen atoms in total. The first-order valence-corrected chi connectivity index (χ1v) is 9.46. The molecule has 4 aromatic rings. The maximum atomic E-state index is 13.4. The van der Waals surface area contributed by atoms with Gasteiger partial charge in [-0.15, -0.1) is 0 Å². The van der Waals surface area contributed by atoms with Crippen LogP contribution in [0.1, 0.15) is 23.9 Å². The van der Waals surface area contributed by atoms with E-state index in [4.69, 9.17) is 9.72 Å². The summed E-state index contributed by atoms with van der Waals surface area (Å²) in [5.41, 5.74) is 3.40. The minimum Gasteiger partial charge on any atom is -0.487 e. The van der Waals surface area contributed by atoms with E-state index in [1.165, 1.54) is 0 Å². The van der Waals surface area contributed by atoms with Gasteiger partial charge in [0.1, 0.15) is 18.2 Å². The SMILES string of the molecule is CCc1nc2cccc(C)c2c(=O)n1-c1ccccc1OCc1ccccc1. The average molecular weight is 370 g/mol. The Balaban J connectivity index is 1.85. The lowest BCUT2D eigenvalue weighted by atomic mass is 10.1. The molecular weight excluding hydrogens is 348 g/mol. The van der Waals surface area contributed by atoms with Crippen molar-refractivity contribution in [1.29, 1.82) is 0 Å². The quantitative estimate of drug-likeness (QED) is 0.505. The molecule has 0 aliphatic carbocycles. The molecule has 0 N–H and O–H groups in total. The van der Waals surface area contributed by atoms with Gasteiger partial charge in [0.15, 0.2) is 0 Å². The first-order valence-electron chi connectivity index (χ1n) is 9.46. The highest BCUT2D eigenvalue weighted by Crippen LogP contribution is 2.25. The Labute approximate surface area is 164 Å². The highest BCUT2D eigenvalue weighted by Gasteiger charge is 2.16. The van der Waals surface area contributed by atoms with Crippen LogP contribution in [-0.4, -0.2) is 9.55 Å². The van der Waals surface area contributed by atoms with E-state index >= 15 is 0 Å². The van der Waals surface area contributed by atoms with Gasteiger partial charge in [-0.3, -0.25) is 9.36 Å². The largest absolute Gasteiger partial charge is 0.487 e. The molecule has 0 aliphatic rings. The second-order valence-electron chi connectivity index (χ2n) is 6.73. The van der Waals surface area contributed by atoms with Gasteiger partial charge in [-0.2, -0.15) is 0 Å². The molecule has 0 spiro atoms. The van der Waals surface area contributed by atoms with Gasteiger partial charge in [0.05, 0.1) is 16.6 Å². The van der Waals surface area contributed by atoms with Crippen LogP contribution in [0.4, 0.5) is 0 Å². The maximum absolute atomic E-state index is 13.4. The highest BCUT2D eigenvalue weighted by atomic mass is 16.5. The smallest absolute Gasteiger partial charge is 0.266 e. The zero-order valence-electron chi connectivity index (χ0n) is 16.1. The van der Waals surface area contributed by atoms with Gasteiger partial charge in [0.2, 0.25) is 0 Å². The number of aryl methyl sites for hydroxylation is 2. The van der Waals surface area contributed by atoms with E-state index < -0.39 is 0 Å². The summed E-state index contributed by atoms with van der Waals surface area (Å²) in [6.07, 6.45) is 0.645. The molecule has 28 heavy (non-hydrogen) atoms. The Hall–Kier alpha value is -3.40. The molecule has 0 saturated carbocycles. The molecular formula is C24H22N2O2. The van der Waals surface area contributed by atoms with E-state index in [2.05, 4.69) is 0 Å². The third-order valence-corrected chi connectivity index (χ3v) is 4.83. The number of ether oxygens (including phenoxy) is 1. The van der Waals surface area contributed by atoms with E-state index in [0.29, 0.717) is 24.2 Å². The minimum absolute atomic E-state index is 0.0595. The molecule has 0 bridgehead atoms. The van der Waals surface area contributed by atoms with Crippen LogP contribution in [0, 0.1) is 6.92 Å². The molecule has 0 fully saturated rings. The fourth-order valence-electron chi connectivity index (χ4n) is 3.43. The summed E-state index contributed by atoms with van der Waals surface area (Å²) in [6, 6.07) is 23.4. The lowest BCUT2D eigenvalue weighted by Crippen LogP contribution is -2.24. The highest BCUT2D eigenvalue weighted by molar-refractivity contribution is 5.81. The number of para-hydroxylation sites is 2. The van der Waals surface area contributed by atoms with Crippen LogP contribution >= 0.6 is 0 Å². The summed E-state index contributed by atoms with van der Waals surface area (Å²) in [5, 5.41) is 0.651. The van der Waals surface area contributed by atoms with Crippen LogP contribution in [-0.2, 0) is 13.0 Å². The van der Waals surface area contributed by atoms with Crippen molar-refractivity contribution in [3.8, 4) is 11.4 Å². The van der Waals surface area contributed by atoms with E-state index in [1.807, 2.05) is 86.6 Å². The predicted octanol–water partition coefficient (Wildman–Crippen LogP) is 4.84. The van der Waals surface area contributed by atoms with Crippen molar-refractivity contribution in [2.45, 2.75) is 26.9 Å². The van der Waals surface area contributed by atoms with Crippen LogP contribution in [0.3, 0.4) is 0 Å². The Bertz CT molecular complexity index is 1180. The fourth-order valence-corrected chi connectivity index (χ4v) is 3.43. The Kier molecular flexibility index (Phi) is 4.94. The molecule has 4 heteroatoms. The van der Waals surface area contributed by atoms with E-state index in [-0.39, 0.29) is 5.56 Å². The third-order valence-electron chi connectivity index (χ3n) is 4.83. The van der Waals surface area contributed by atoms with Crippen LogP contribution in [0.15, 0.2) is 77.6 Å². The van der Waals surface area contributed by atoms with Crippen molar-refractivity contribution < 1.29 is 4.74 Å². The molecule has 1 aromatic heterocycles. The number of aromatic nitrogens is 2. The zero-order valence-corrected chi connectivity index (χ0v) is 16.1. The molecule has 1 heterocycles. The second kappa shape index (κ2) is 7.69. The number of hydrogen-bond acceptors (Lipinski definition) is 3. The Morgan fingerprint density at radius 3 is 2.46 bits per heavy atom. The molecule has 4 rings (SSSR count). The van der Waals surface area contributed by atoms with Crippen molar-refractivity contribution in [3.05, 3.63) is 100 Å². The van der Waals surface area contributed by atoms with Crippen molar-refractivity contribution in [1.82, 2.24) is 9.55 Å². The van der Waals surface area contributed by atoms with Gasteiger partial charge < -0.3 is 4.74 Å². The Morgan fingerprint density at radius 2 is 1.68 bits per heavy atom. The molecule has 3 aromatic carbocycles. The number of nitrogens with zero attached hydrogens (tertiary/aromatic N) is 2. The van der Waals surface area contributed by atoms with Crippen molar-refractivity contribution in [2.24, 2.45) is 0 Å². The third kappa shape index (κ3) is 3.29. The minimum atomic E-state index is -0.0595. The summed E-state index contributed by atoms with van der Waals surface area (Å²) >= 11 is 0. The lowest BCUT2D eigenvalue weighted by Gasteiger charge is -2.17. The van der Waals surface area contributed by atoms with Gasteiger partial charge in [-0.25, -0.2) is 4.98 Å². The van der Waals surface area contributed by atoms with Crippen LogP contribution < -0.4 is 10.3 Å². The number of hydrogen-bond donors (Lipinski definition) is 0. The zero-order chi connectivity index (χ0) is 19.5. The van der Waals surface area contributed by atoms with Crippen molar-refractivity contribution in [2.75, 3.05) is 0 Å². The maximum Gasteiger partial charge on any atom is 0.266 e. The summed E-state index contributed by atoms with van der Waals surface area (Å²) in [5.74, 6) is 1.39. The van der Waals surface area contributed by atoms with Crippen molar-refractivity contribution >= 4 is 10.9 Å². The van der Waals surface area contributed by atoms with Crippen LogP contribution in [0.2, 0.25) is 0 Å². The topological polar surface area (TPSA) is 44.1 Å². The molecule has 0 unspecified atom stereocenters. The van der Waals surface area contributed by atoms with E-state index in [9.17, 15) is 4.79 Å². The summed E-state index contributed by atoms with van der Waals surface area (Å²) in [4.78, 5) is 18.2. The first kappa shape index (κ1) is 18.0. The summed E-state index contributed by atoms with van der Waals surface area (Å²) < 4.78 is 7.78. The monoisotopic (exact) mass is 370 g/mol. The second-order valence-corrected chi connectivity index (χ2v) is 6.73. The van der Waals surface area contributed by atoms with Gasteiger partial charge in [0, 0.05) is 6.42 Å². The van der Waals surface area contributed by atoms with Gasteiger partial charge in [-0.1, -0.05) is 61.5 Å².